The van der Waals surface area contributed by atoms with E-state index in [4.69, 9.17) is 0 Å². The van der Waals surface area contributed by atoms with E-state index in [2.05, 4.69) is 19.1 Å². The van der Waals surface area contributed by atoms with Crippen LogP contribution in [0.1, 0.15) is 34.0 Å². The van der Waals surface area contributed by atoms with Crippen molar-refractivity contribution in [1.82, 2.24) is 0 Å². The fraction of sp³-hybridized carbons (Fsp3) is 0.235. The number of hydrogen-bond donors (Lipinski definition) is 0. The lowest BCUT2D eigenvalue weighted by Gasteiger charge is -2.08. The topological polar surface area (TPSA) is 17.1 Å². The highest BCUT2D eigenvalue weighted by Gasteiger charge is 2.10. The molecule has 0 aliphatic heterocycles. The third kappa shape index (κ3) is 2.67. The molecule has 0 atom stereocenters. The Morgan fingerprint density at radius 1 is 0.944 bits per heavy atom. The largest absolute Gasteiger partial charge is 0.294 e. The molecule has 2 aromatic rings. The molecule has 0 spiro atoms. The van der Waals surface area contributed by atoms with E-state index in [9.17, 15) is 4.79 Å². The molecule has 0 radical (unpaired) electrons. The summed E-state index contributed by atoms with van der Waals surface area (Å²) in [5.74, 6) is 0.203. The maximum atomic E-state index is 12.3. The van der Waals surface area contributed by atoms with Crippen molar-refractivity contribution in [2.75, 3.05) is 0 Å². The molecule has 0 saturated heterocycles. The minimum absolute atomic E-state index is 0.203. The Hall–Kier alpha value is -1.89. The number of carbonyl (C=O) groups excluding carboxylic acids is 1. The Kier molecular flexibility index (Phi) is 3.93. The number of benzene rings is 2. The van der Waals surface area contributed by atoms with Crippen LogP contribution in [0.3, 0.4) is 0 Å². The summed E-state index contributed by atoms with van der Waals surface area (Å²) in [7, 11) is 0. The van der Waals surface area contributed by atoms with E-state index in [0.29, 0.717) is 6.42 Å². The summed E-state index contributed by atoms with van der Waals surface area (Å²) in [5, 5.41) is 0. The predicted octanol–water partition coefficient (Wildman–Crippen LogP) is 3.98. The maximum Gasteiger partial charge on any atom is 0.167 e. The Balaban J connectivity index is 2.24. The zero-order chi connectivity index (χ0) is 13.0. The minimum Gasteiger partial charge on any atom is -0.294 e. The average molecular weight is 238 g/mol. The van der Waals surface area contributed by atoms with Crippen LogP contribution in [0.2, 0.25) is 0 Å². The summed E-state index contributed by atoms with van der Waals surface area (Å²) < 4.78 is 0. The molecular weight excluding hydrogens is 220 g/mol. The summed E-state index contributed by atoms with van der Waals surface area (Å²) in [5.41, 5.74) is 4.30. The van der Waals surface area contributed by atoms with Crippen LogP contribution in [-0.2, 0) is 12.8 Å². The maximum absolute atomic E-state index is 12.3. The molecule has 0 bridgehead atoms. The predicted molar refractivity (Wildman–Crippen MR) is 75.0 cm³/mol. The fourth-order valence-corrected chi connectivity index (χ4v) is 2.23. The summed E-state index contributed by atoms with van der Waals surface area (Å²) in [6.45, 7) is 4.11. The molecule has 0 unspecified atom stereocenters. The molecule has 0 heterocycles. The highest BCUT2D eigenvalue weighted by molar-refractivity contribution is 5.98. The standard InChI is InChI=1S/C17H18O/c1-3-14-9-5-6-10-15(14)12-17(18)16-11-7-4-8-13(16)2/h4-11H,3,12H2,1-2H3. The Morgan fingerprint density at radius 2 is 1.56 bits per heavy atom. The second-order valence-corrected chi connectivity index (χ2v) is 4.54. The van der Waals surface area contributed by atoms with Gasteiger partial charge in [0.15, 0.2) is 5.78 Å². The van der Waals surface area contributed by atoms with Gasteiger partial charge in [0.1, 0.15) is 0 Å². The minimum atomic E-state index is 0.203. The quantitative estimate of drug-likeness (QED) is 0.736. The van der Waals surface area contributed by atoms with E-state index >= 15 is 0 Å². The van der Waals surface area contributed by atoms with Crippen molar-refractivity contribution in [2.45, 2.75) is 26.7 Å². The van der Waals surface area contributed by atoms with Crippen LogP contribution in [0.15, 0.2) is 48.5 Å². The number of hydrogen-bond acceptors (Lipinski definition) is 1. The Labute approximate surface area is 108 Å². The lowest BCUT2D eigenvalue weighted by atomic mass is 9.96. The van der Waals surface area contributed by atoms with E-state index in [-0.39, 0.29) is 5.78 Å². The summed E-state index contributed by atoms with van der Waals surface area (Å²) in [4.78, 5) is 12.3. The van der Waals surface area contributed by atoms with Crippen LogP contribution in [0.5, 0.6) is 0 Å². The lowest BCUT2D eigenvalue weighted by Crippen LogP contribution is -2.07. The van der Waals surface area contributed by atoms with Crippen LogP contribution >= 0.6 is 0 Å². The number of carbonyl (C=O) groups is 1. The van der Waals surface area contributed by atoms with E-state index < -0.39 is 0 Å². The van der Waals surface area contributed by atoms with E-state index in [1.54, 1.807) is 0 Å². The first kappa shape index (κ1) is 12.6. The lowest BCUT2D eigenvalue weighted by molar-refractivity contribution is 0.0992. The van der Waals surface area contributed by atoms with Gasteiger partial charge in [0.05, 0.1) is 0 Å². The van der Waals surface area contributed by atoms with Gasteiger partial charge in [-0.2, -0.15) is 0 Å². The van der Waals surface area contributed by atoms with Crippen LogP contribution in [-0.4, -0.2) is 5.78 Å². The van der Waals surface area contributed by atoms with Gasteiger partial charge in [-0.1, -0.05) is 55.5 Å². The molecule has 2 rings (SSSR count). The molecule has 0 amide bonds. The molecule has 92 valence electrons. The second kappa shape index (κ2) is 5.63. The number of Topliss-reactive ketones (excluding diaryl/α,β-unsaturated/α-hetero) is 1. The summed E-state index contributed by atoms with van der Waals surface area (Å²) >= 11 is 0. The molecular formula is C17H18O. The van der Waals surface area contributed by atoms with Crippen LogP contribution < -0.4 is 0 Å². The highest BCUT2D eigenvalue weighted by atomic mass is 16.1. The van der Waals surface area contributed by atoms with Crippen molar-refractivity contribution in [1.29, 1.82) is 0 Å². The monoisotopic (exact) mass is 238 g/mol. The van der Waals surface area contributed by atoms with Crippen molar-refractivity contribution in [3.8, 4) is 0 Å². The van der Waals surface area contributed by atoms with Gasteiger partial charge in [0.25, 0.3) is 0 Å². The first-order valence-electron chi connectivity index (χ1n) is 6.38. The van der Waals surface area contributed by atoms with Crippen molar-refractivity contribution in [2.24, 2.45) is 0 Å². The molecule has 18 heavy (non-hydrogen) atoms. The first-order valence-corrected chi connectivity index (χ1v) is 6.38. The smallest absolute Gasteiger partial charge is 0.167 e. The van der Waals surface area contributed by atoms with Gasteiger partial charge in [-0.25, -0.2) is 0 Å². The van der Waals surface area contributed by atoms with Crippen LogP contribution in [0.4, 0.5) is 0 Å². The Bertz CT molecular complexity index is 555. The van der Waals surface area contributed by atoms with Gasteiger partial charge in [0.2, 0.25) is 0 Å². The van der Waals surface area contributed by atoms with Gasteiger partial charge in [0, 0.05) is 12.0 Å². The third-order valence-corrected chi connectivity index (χ3v) is 3.30. The molecule has 0 saturated carbocycles. The molecule has 1 heteroatoms. The average Bonchev–Trinajstić information content (AvgIpc) is 2.39. The molecule has 1 nitrogen and oxygen atoms in total. The van der Waals surface area contributed by atoms with Crippen LogP contribution in [0, 0.1) is 6.92 Å². The number of ketones is 1. The van der Waals surface area contributed by atoms with Gasteiger partial charge < -0.3 is 0 Å². The molecule has 0 aromatic heterocycles. The number of rotatable bonds is 4. The third-order valence-electron chi connectivity index (χ3n) is 3.30. The second-order valence-electron chi connectivity index (χ2n) is 4.54. The molecule has 0 N–H and O–H groups in total. The van der Waals surface area contributed by atoms with E-state index in [1.165, 1.54) is 5.56 Å². The fourth-order valence-electron chi connectivity index (χ4n) is 2.23. The van der Waals surface area contributed by atoms with Gasteiger partial charge >= 0.3 is 0 Å². The van der Waals surface area contributed by atoms with E-state index in [0.717, 1.165) is 23.1 Å². The highest BCUT2D eigenvalue weighted by Crippen LogP contribution is 2.15. The van der Waals surface area contributed by atoms with Crippen molar-refractivity contribution < 1.29 is 4.79 Å². The summed E-state index contributed by atoms with van der Waals surface area (Å²) in [6.07, 6.45) is 1.46. The normalized spacial score (nSPS) is 10.3. The van der Waals surface area contributed by atoms with Crippen molar-refractivity contribution >= 4 is 5.78 Å². The van der Waals surface area contributed by atoms with Gasteiger partial charge in [-0.15, -0.1) is 0 Å². The molecule has 2 aromatic carbocycles. The molecule has 0 fully saturated rings. The SMILES string of the molecule is CCc1ccccc1CC(=O)c1ccccc1C. The Morgan fingerprint density at radius 3 is 2.22 bits per heavy atom. The number of aryl methyl sites for hydroxylation is 2. The summed E-state index contributed by atoms with van der Waals surface area (Å²) in [6, 6.07) is 16.0. The zero-order valence-electron chi connectivity index (χ0n) is 10.9. The molecule has 0 aliphatic rings. The van der Waals surface area contributed by atoms with Gasteiger partial charge in [-0.05, 0) is 30.0 Å². The molecule has 0 aliphatic carbocycles. The van der Waals surface area contributed by atoms with Crippen molar-refractivity contribution in [3.05, 3.63) is 70.8 Å². The van der Waals surface area contributed by atoms with Crippen LogP contribution in [0.25, 0.3) is 0 Å². The first-order chi connectivity index (χ1) is 8.72. The zero-order valence-corrected chi connectivity index (χ0v) is 10.9. The van der Waals surface area contributed by atoms with Crippen molar-refractivity contribution in [3.63, 3.8) is 0 Å². The van der Waals surface area contributed by atoms with Gasteiger partial charge in [-0.3, -0.25) is 4.79 Å². The van der Waals surface area contributed by atoms with E-state index in [1.807, 2.05) is 43.3 Å².